The SMILES string of the molecule is O=c1c2ccccc2n(Cc2nnc(Nc3cccc(Cl)c3)o2)c2ccccc12. The third-order valence-electron chi connectivity index (χ3n) is 4.72. The van der Waals surface area contributed by atoms with Crippen molar-refractivity contribution < 1.29 is 4.42 Å². The summed E-state index contributed by atoms with van der Waals surface area (Å²) in [6.45, 7) is 0.339. The average Bonchev–Trinajstić information content (AvgIpc) is 3.18. The van der Waals surface area contributed by atoms with Crippen molar-refractivity contribution >= 4 is 45.1 Å². The second-order valence-corrected chi connectivity index (χ2v) is 7.02. The second kappa shape index (κ2) is 7.07. The molecular formula is C22H15ClN4O2. The van der Waals surface area contributed by atoms with Gasteiger partial charge in [0.2, 0.25) is 5.89 Å². The van der Waals surface area contributed by atoms with Crippen molar-refractivity contribution in [1.82, 2.24) is 14.8 Å². The van der Waals surface area contributed by atoms with E-state index in [-0.39, 0.29) is 11.4 Å². The zero-order valence-corrected chi connectivity index (χ0v) is 15.9. The number of anilines is 2. The van der Waals surface area contributed by atoms with Gasteiger partial charge in [-0.1, -0.05) is 47.0 Å². The number of hydrogen-bond acceptors (Lipinski definition) is 5. The summed E-state index contributed by atoms with van der Waals surface area (Å²) in [5.74, 6) is 0.425. The Morgan fingerprint density at radius 3 is 2.28 bits per heavy atom. The number of pyridine rings is 1. The molecule has 1 N–H and O–H groups in total. The Kier molecular flexibility index (Phi) is 4.26. The number of nitrogens with zero attached hydrogens (tertiary/aromatic N) is 3. The van der Waals surface area contributed by atoms with Gasteiger partial charge in [-0.15, -0.1) is 5.10 Å². The number of fused-ring (bicyclic) bond motifs is 2. The molecule has 0 saturated carbocycles. The van der Waals surface area contributed by atoms with Gasteiger partial charge in [0.05, 0.1) is 11.0 Å². The lowest BCUT2D eigenvalue weighted by Gasteiger charge is -2.13. The standard InChI is InChI=1S/C22H15ClN4O2/c23-14-6-5-7-15(12-14)24-22-26-25-20(29-22)13-27-18-10-3-1-8-16(18)21(28)17-9-2-4-11-19(17)27/h1-12H,13H2,(H,24,26). The van der Waals surface area contributed by atoms with E-state index in [1.54, 1.807) is 12.1 Å². The predicted molar refractivity (Wildman–Crippen MR) is 114 cm³/mol. The van der Waals surface area contributed by atoms with Crippen LogP contribution in [0.25, 0.3) is 21.8 Å². The van der Waals surface area contributed by atoms with Crippen LogP contribution in [0.4, 0.5) is 11.7 Å². The molecule has 0 spiro atoms. The molecule has 0 fully saturated rings. The van der Waals surface area contributed by atoms with E-state index in [1.807, 2.05) is 65.2 Å². The summed E-state index contributed by atoms with van der Waals surface area (Å²) < 4.78 is 7.80. The normalized spacial score (nSPS) is 11.2. The van der Waals surface area contributed by atoms with E-state index < -0.39 is 0 Å². The van der Waals surface area contributed by atoms with Crippen LogP contribution in [0.5, 0.6) is 0 Å². The van der Waals surface area contributed by atoms with Crippen LogP contribution in [0, 0.1) is 0 Å². The molecule has 29 heavy (non-hydrogen) atoms. The van der Waals surface area contributed by atoms with Crippen LogP contribution in [-0.2, 0) is 6.54 Å². The van der Waals surface area contributed by atoms with Crippen molar-refractivity contribution in [2.45, 2.75) is 6.54 Å². The van der Waals surface area contributed by atoms with Gasteiger partial charge in [-0.25, -0.2) is 0 Å². The van der Waals surface area contributed by atoms with Gasteiger partial charge in [-0.2, -0.15) is 0 Å². The maximum absolute atomic E-state index is 12.8. The molecule has 6 nitrogen and oxygen atoms in total. The van der Waals surface area contributed by atoms with E-state index in [1.165, 1.54) is 0 Å². The van der Waals surface area contributed by atoms with Crippen LogP contribution < -0.4 is 10.7 Å². The number of rotatable bonds is 4. The summed E-state index contributed by atoms with van der Waals surface area (Å²) in [5, 5.41) is 13.2. The molecule has 2 heterocycles. The Balaban J connectivity index is 1.56. The molecule has 5 aromatic rings. The molecule has 0 amide bonds. The van der Waals surface area contributed by atoms with Crippen molar-refractivity contribution in [2.24, 2.45) is 0 Å². The Hall–Kier alpha value is -3.64. The molecule has 0 aliphatic heterocycles. The minimum atomic E-state index is 0.0151. The average molecular weight is 403 g/mol. The molecule has 0 radical (unpaired) electrons. The summed E-state index contributed by atoms with van der Waals surface area (Å²) in [6.07, 6.45) is 0. The van der Waals surface area contributed by atoms with Gasteiger partial charge in [0.1, 0.15) is 6.54 Å². The lowest BCUT2D eigenvalue weighted by Crippen LogP contribution is -2.12. The van der Waals surface area contributed by atoms with Gasteiger partial charge >= 0.3 is 6.01 Å². The third-order valence-corrected chi connectivity index (χ3v) is 4.95. The van der Waals surface area contributed by atoms with E-state index in [9.17, 15) is 4.79 Å². The summed E-state index contributed by atoms with van der Waals surface area (Å²) in [6, 6.07) is 22.6. The third kappa shape index (κ3) is 3.23. The van der Waals surface area contributed by atoms with Gasteiger partial charge in [-0.05, 0) is 42.5 Å². The van der Waals surface area contributed by atoms with Crippen LogP contribution in [0.3, 0.4) is 0 Å². The van der Waals surface area contributed by atoms with Crippen molar-refractivity contribution in [3.63, 3.8) is 0 Å². The van der Waals surface area contributed by atoms with E-state index >= 15 is 0 Å². The van der Waals surface area contributed by atoms with Crippen LogP contribution in [0.15, 0.2) is 82.0 Å². The quantitative estimate of drug-likeness (QED) is 0.429. The zero-order valence-electron chi connectivity index (χ0n) is 15.2. The van der Waals surface area contributed by atoms with Gasteiger partial charge < -0.3 is 14.3 Å². The molecule has 0 aliphatic rings. The molecule has 3 aromatic carbocycles. The molecule has 2 aromatic heterocycles. The smallest absolute Gasteiger partial charge is 0.320 e. The Bertz CT molecular complexity index is 1350. The topological polar surface area (TPSA) is 73.0 Å². The van der Waals surface area contributed by atoms with Crippen molar-refractivity contribution in [3.8, 4) is 0 Å². The lowest BCUT2D eigenvalue weighted by molar-refractivity contribution is 0.497. The van der Waals surface area contributed by atoms with E-state index in [4.69, 9.17) is 16.0 Å². The van der Waals surface area contributed by atoms with E-state index in [0.717, 1.165) is 16.7 Å². The van der Waals surface area contributed by atoms with Gasteiger partial charge in [-0.3, -0.25) is 4.79 Å². The molecule has 5 rings (SSSR count). The molecule has 142 valence electrons. The molecule has 0 saturated heterocycles. The Morgan fingerprint density at radius 2 is 1.59 bits per heavy atom. The summed E-state index contributed by atoms with van der Waals surface area (Å²) in [5.41, 5.74) is 2.41. The first-order valence-corrected chi connectivity index (χ1v) is 9.42. The fourth-order valence-electron chi connectivity index (χ4n) is 3.44. The van der Waals surface area contributed by atoms with E-state index in [0.29, 0.717) is 28.2 Å². The minimum Gasteiger partial charge on any atom is -0.406 e. The van der Waals surface area contributed by atoms with Crippen molar-refractivity contribution in [3.05, 3.63) is 93.9 Å². The van der Waals surface area contributed by atoms with Crippen molar-refractivity contribution in [2.75, 3.05) is 5.32 Å². The molecule has 0 atom stereocenters. The fraction of sp³-hybridized carbons (Fsp3) is 0.0455. The van der Waals surface area contributed by atoms with Crippen LogP contribution in [0.2, 0.25) is 5.02 Å². The number of aromatic nitrogens is 3. The molecule has 7 heteroatoms. The second-order valence-electron chi connectivity index (χ2n) is 6.59. The van der Waals surface area contributed by atoms with E-state index in [2.05, 4.69) is 15.5 Å². The highest BCUT2D eigenvalue weighted by Crippen LogP contribution is 2.22. The highest BCUT2D eigenvalue weighted by Gasteiger charge is 2.13. The first-order valence-electron chi connectivity index (χ1n) is 9.04. The number of halogens is 1. The number of nitrogens with one attached hydrogen (secondary N) is 1. The minimum absolute atomic E-state index is 0.0151. The van der Waals surface area contributed by atoms with Crippen LogP contribution in [-0.4, -0.2) is 14.8 Å². The van der Waals surface area contributed by atoms with Gasteiger partial charge in [0.25, 0.3) is 0 Å². The summed E-state index contributed by atoms with van der Waals surface area (Å²) in [4.78, 5) is 12.8. The molecule has 0 unspecified atom stereocenters. The number of hydrogen-bond donors (Lipinski definition) is 1. The van der Waals surface area contributed by atoms with Gasteiger partial charge in [0.15, 0.2) is 5.43 Å². The van der Waals surface area contributed by atoms with Crippen molar-refractivity contribution in [1.29, 1.82) is 0 Å². The monoisotopic (exact) mass is 402 g/mol. The number of para-hydroxylation sites is 2. The molecule has 0 bridgehead atoms. The zero-order chi connectivity index (χ0) is 19.8. The highest BCUT2D eigenvalue weighted by molar-refractivity contribution is 6.30. The first-order chi connectivity index (χ1) is 14.2. The lowest BCUT2D eigenvalue weighted by atomic mass is 10.1. The maximum atomic E-state index is 12.8. The maximum Gasteiger partial charge on any atom is 0.320 e. The first kappa shape index (κ1) is 17.5. The fourth-order valence-corrected chi connectivity index (χ4v) is 3.63. The van der Waals surface area contributed by atoms with Crippen LogP contribution in [0.1, 0.15) is 5.89 Å². The highest BCUT2D eigenvalue weighted by atomic mass is 35.5. The van der Waals surface area contributed by atoms with Gasteiger partial charge in [0, 0.05) is 21.5 Å². The Morgan fingerprint density at radius 1 is 0.897 bits per heavy atom. The Labute approximate surface area is 170 Å². The summed E-state index contributed by atoms with van der Waals surface area (Å²) in [7, 11) is 0. The predicted octanol–water partition coefficient (Wildman–Crippen LogP) is 4.98. The largest absolute Gasteiger partial charge is 0.406 e. The van der Waals surface area contributed by atoms with Crippen LogP contribution >= 0.6 is 11.6 Å². The number of benzene rings is 3. The summed E-state index contributed by atoms with van der Waals surface area (Å²) >= 11 is 6.01. The molecular weight excluding hydrogens is 388 g/mol. The molecule has 0 aliphatic carbocycles.